The summed E-state index contributed by atoms with van der Waals surface area (Å²) >= 11 is 0. The molecule has 15 heavy (non-hydrogen) atoms. The van der Waals surface area contributed by atoms with Crippen LogP contribution in [0.1, 0.15) is 34.1 Å². The minimum Gasteiger partial charge on any atom is -0.466 e. The van der Waals surface area contributed by atoms with Gasteiger partial charge < -0.3 is 15.4 Å². The third-order valence-corrected chi connectivity index (χ3v) is 1.77. The Labute approximate surface area is 92.8 Å². The summed E-state index contributed by atoms with van der Waals surface area (Å²) in [5.74, 6) is -0.131. The van der Waals surface area contributed by atoms with Crippen LogP contribution in [0, 0.1) is 0 Å². The Hall–Kier alpha value is -0.610. The van der Waals surface area contributed by atoms with Crippen LogP contribution in [0.5, 0.6) is 0 Å². The number of ether oxygens (including phenoxy) is 1. The molecule has 4 heteroatoms. The maximum atomic E-state index is 11.0. The van der Waals surface area contributed by atoms with E-state index in [0.717, 1.165) is 13.1 Å². The molecule has 0 aromatic heterocycles. The highest BCUT2D eigenvalue weighted by Crippen LogP contribution is 1.96. The van der Waals surface area contributed by atoms with E-state index in [0.29, 0.717) is 19.6 Å². The summed E-state index contributed by atoms with van der Waals surface area (Å²) in [4.78, 5) is 11.0. The van der Waals surface area contributed by atoms with Gasteiger partial charge >= 0.3 is 5.97 Å². The van der Waals surface area contributed by atoms with Crippen molar-refractivity contribution in [2.75, 3.05) is 26.2 Å². The fraction of sp³-hybridized carbons (Fsp3) is 0.909. The third kappa shape index (κ3) is 11.3. The summed E-state index contributed by atoms with van der Waals surface area (Å²) in [5.41, 5.74) is 0.156. The first-order valence-electron chi connectivity index (χ1n) is 5.57. The molecule has 0 saturated carbocycles. The average molecular weight is 216 g/mol. The number of hydrogen-bond acceptors (Lipinski definition) is 4. The van der Waals surface area contributed by atoms with E-state index >= 15 is 0 Å². The molecule has 0 atom stereocenters. The first-order chi connectivity index (χ1) is 6.95. The number of hydrogen-bond donors (Lipinski definition) is 2. The van der Waals surface area contributed by atoms with Crippen molar-refractivity contribution in [1.29, 1.82) is 0 Å². The Morgan fingerprint density at radius 3 is 2.40 bits per heavy atom. The van der Waals surface area contributed by atoms with Crippen molar-refractivity contribution in [1.82, 2.24) is 10.6 Å². The normalized spacial score (nSPS) is 11.5. The Kier molecular flexibility index (Phi) is 7.34. The molecule has 0 aromatic carbocycles. The predicted octanol–water partition coefficient (Wildman–Crippen LogP) is 0.917. The van der Waals surface area contributed by atoms with E-state index in [1.165, 1.54) is 0 Å². The number of carbonyl (C=O) groups excluding carboxylic acids is 1. The molecule has 0 spiro atoms. The van der Waals surface area contributed by atoms with Crippen molar-refractivity contribution in [3.63, 3.8) is 0 Å². The zero-order valence-electron chi connectivity index (χ0n) is 10.4. The second kappa shape index (κ2) is 7.65. The molecule has 0 heterocycles. The predicted molar refractivity (Wildman–Crippen MR) is 61.9 cm³/mol. The van der Waals surface area contributed by atoms with Gasteiger partial charge in [0.25, 0.3) is 0 Å². The molecule has 0 amide bonds. The summed E-state index contributed by atoms with van der Waals surface area (Å²) < 4.78 is 4.81. The fourth-order valence-corrected chi connectivity index (χ4v) is 1.07. The molecular formula is C11H24N2O2. The molecular weight excluding hydrogens is 192 g/mol. The first kappa shape index (κ1) is 14.4. The molecule has 0 aliphatic heterocycles. The van der Waals surface area contributed by atoms with E-state index < -0.39 is 0 Å². The van der Waals surface area contributed by atoms with Gasteiger partial charge in [0.1, 0.15) is 0 Å². The number of carbonyl (C=O) groups is 1. The molecule has 0 aliphatic carbocycles. The molecule has 4 nitrogen and oxygen atoms in total. The van der Waals surface area contributed by atoms with Gasteiger partial charge in [0.15, 0.2) is 0 Å². The van der Waals surface area contributed by atoms with Gasteiger partial charge in [-0.25, -0.2) is 0 Å². The summed E-state index contributed by atoms with van der Waals surface area (Å²) in [5, 5.41) is 6.54. The maximum absolute atomic E-state index is 11.0. The van der Waals surface area contributed by atoms with Gasteiger partial charge in [0.2, 0.25) is 0 Å². The van der Waals surface area contributed by atoms with Crippen LogP contribution in [0.4, 0.5) is 0 Å². The minimum atomic E-state index is -0.131. The quantitative estimate of drug-likeness (QED) is 0.491. The van der Waals surface area contributed by atoms with Gasteiger partial charge in [-0.3, -0.25) is 4.79 Å². The van der Waals surface area contributed by atoms with Gasteiger partial charge in [0, 0.05) is 25.2 Å². The van der Waals surface area contributed by atoms with Crippen molar-refractivity contribution in [3.05, 3.63) is 0 Å². The van der Waals surface area contributed by atoms with Crippen LogP contribution < -0.4 is 10.6 Å². The fourth-order valence-electron chi connectivity index (χ4n) is 1.07. The van der Waals surface area contributed by atoms with Gasteiger partial charge in [-0.05, 0) is 27.7 Å². The van der Waals surface area contributed by atoms with E-state index in [9.17, 15) is 4.79 Å². The molecule has 0 aliphatic rings. The highest BCUT2D eigenvalue weighted by atomic mass is 16.5. The van der Waals surface area contributed by atoms with Gasteiger partial charge in [0.05, 0.1) is 13.0 Å². The first-order valence-corrected chi connectivity index (χ1v) is 5.57. The maximum Gasteiger partial charge on any atom is 0.307 e. The lowest BCUT2D eigenvalue weighted by Crippen LogP contribution is -2.40. The van der Waals surface area contributed by atoms with E-state index in [1.807, 2.05) is 6.92 Å². The zero-order chi connectivity index (χ0) is 11.7. The Morgan fingerprint density at radius 1 is 1.20 bits per heavy atom. The molecule has 0 fully saturated rings. The standard InChI is InChI=1S/C11H24N2O2/c1-5-15-10(14)6-7-12-8-9-13-11(2,3)4/h12-13H,5-9H2,1-4H3. The van der Waals surface area contributed by atoms with E-state index in [4.69, 9.17) is 4.74 Å². The lowest BCUT2D eigenvalue weighted by molar-refractivity contribution is -0.142. The second-order valence-electron chi connectivity index (χ2n) is 4.48. The van der Waals surface area contributed by atoms with Crippen LogP contribution in [0.3, 0.4) is 0 Å². The second-order valence-corrected chi connectivity index (χ2v) is 4.48. The molecule has 2 N–H and O–H groups in total. The van der Waals surface area contributed by atoms with Crippen LogP contribution in [0.2, 0.25) is 0 Å². The Bertz CT molecular complexity index is 176. The summed E-state index contributed by atoms with van der Waals surface area (Å²) in [6.07, 6.45) is 0.448. The minimum absolute atomic E-state index is 0.131. The van der Waals surface area contributed by atoms with Crippen LogP contribution >= 0.6 is 0 Å². The number of nitrogens with one attached hydrogen (secondary N) is 2. The summed E-state index contributed by atoms with van der Waals surface area (Å²) in [6.45, 7) is 11.1. The van der Waals surface area contributed by atoms with Crippen molar-refractivity contribution in [2.24, 2.45) is 0 Å². The molecule has 90 valence electrons. The van der Waals surface area contributed by atoms with Gasteiger partial charge in [-0.2, -0.15) is 0 Å². The Morgan fingerprint density at radius 2 is 1.87 bits per heavy atom. The third-order valence-electron chi connectivity index (χ3n) is 1.77. The zero-order valence-corrected chi connectivity index (χ0v) is 10.4. The van der Waals surface area contributed by atoms with Gasteiger partial charge in [-0.15, -0.1) is 0 Å². The molecule has 0 unspecified atom stereocenters. The average Bonchev–Trinajstić information content (AvgIpc) is 2.09. The monoisotopic (exact) mass is 216 g/mol. The van der Waals surface area contributed by atoms with Crippen molar-refractivity contribution < 1.29 is 9.53 Å². The highest BCUT2D eigenvalue weighted by molar-refractivity contribution is 5.69. The van der Waals surface area contributed by atoms with E-state index in [2.05, 4.69) is 31.4 Å². The molecule has 0 rings (SSSR count). The molecule has 0 saturated heterocycles. The van der Waals surface area contributed by atoms with Gasteiger partial charge in [-0.1, -0.05) is 0 Å². The molecule has 0 aromatic rings. The van der Waals surface area contributed by atoms with E-state index in [-0.39, 0.29) is 11.5 Å². The van der Waals surface area contributed by atoms with Crippen molar-refractivity contribution in [2.45, 2.75) is 39.7 Å². The van der Waals surface area contributed by atoms with Crippen molar-refractivity contribution >= 4 is 5.97 Å². The SMILES string of the molecule is CCOC(=O)CCNCCNC(C)(C)C. The van der Waals surface area contributed by atoms with Crippen LogP contribution in [0.15, 0.2) is 0 Å². The number of esters is 1. The topological polar surface area (TPSA) is 50.4 Å². The Balaban J connectivity index is 3.22. The van der Waals surface area contributed by atoms with Crippen LogP contribution in [-0.4, -0.2) is 37.7 Å². The van der Waals surface area contributed by atoms with Crippen LogP contribution in [0.25, 0.3) is 0 Å². The lowest BCUT2D eigenvalue weighted by atomic mass is 10.1. The summed E-state index contributed by atoms with van der Waals surface area (Å²) in [7, 11) is 0. The van der Waals surface area contributed by atoms with E-state index in [1.54, 1.807) is 0 Å². The molecule has 0 radical (unpaired) electrons. The van der Waals surface area contributed by atoms with Crippen molar-refractivity contribution in [3.8, 4) is 0 Å². The summed E-state index contributed by atoms with van der Waals surface area (Å²) in [6, 6.07) is 0. The largest absolute Gasteiger partial charge is 0.466 e. The molecule has 0 bridgehead atoms. The number of rotatable bonds is 7. The van der Waals surface area contributed by atoms with Crippen LogP contribution in [-0.2, 0) is 9.53 Å². The smallest absolute Gasteiger partial charge is 0.307 e. The highest BCUT2D eigenvalue weighted by Gasteiger charge is 2.07. The lowest BCUT2D eigenvalue weighted by Gasteiger charge is -2.20.